The van der Waals surface area contributed by atoms with Crippen LogP contribution in [0.2, 0.25) is 0 Å². The van der Waals surface area contributed by atoms with Crippen molar-refractivity contribution in [3.63, 3.8) is 0 Å². The van der Waals surface area contributed by atoms with Gasteiger partial charge < -0.3 is 9.47 Å². The Bertz CT molecular complexity index is 1430. The smallest absolute Gasteiger partial charge is 0.394 e. The van der Waals surface area contributed by atoms with E-state index in [9.17, 15) is 4.79 Å². The van der Waals surface area contributed by atoms with Crippen LogP contribution in [0.3, 0.4) is 0 Å². The molecule has 0 radical (unpaired) electrons. The third kappa shape index (κ3) is 3.25. The molecular formula is C27H20O3. The Kier molecular flexibility index (Phi) is 4.36. The maximum absolute atomic E-state index is 12.8. The van der Waals surface area contributed by atoms with E-state index in [0.717, 1.165) is 43.4 Å². The molecular weight excluding hydrogens is 372 g/mol. The van der Waals surface area contributed by atoms with Gasteiger partial charge in [-0.1, -0.05) is 77.9 Å². The molecule has 0 saturated heterocycles. The van der Waals surface area contributed by atoms with Gasteiger partial charge in [0.25, 0.3) is 0 Å². The summed E-state index contributed by atoms with van der Waals surface area (Å²) < 4.78 is 11.4. The Morgan fingerprint density at radius 3 is 2.27 bits per heavy atom. The molecule has 0 amide bonds. The molecule has 0 aliphatic rings. The number of aryl methyl sites for hydroxylation is 2. The summed E-state index contributed by atoms with van der Waals surface area (Å²) in [6, 6.07) is 27.8. The number of carbonyl (C=O) groups is 1. The monoisotopic (exact) mass is 392 g/mol. The molecule has 0 N–H and O–H groups in total. The van der Waals surface area contributed by atoms with E-state index in [4.69, 9.17) is 9.47 Å². The van der Waals surface area contributed by atoms with Gasteiger partial charge in [0.15, 0.2) is 0 Å². The summed E-state index contributed by atoms with van der Waals surface area (Å²) in [6.45, 7) is 4.07. The topological polar surface area (TPSA) is 35.5 Å². The molecule has 0 aliphatic heterocycles. The zero-order chi connectivity index (χ0) is 20.7. The van der Waals surface area contributed by atoms with Crippen LogP contribution >= 0.6 is 0 Å². The van der Waals surface area contributed by atoms with E-state index in [1.54, 1.807) is 6.07 Å². The normalized spacial score (nSPS) is 11.1. The first-order chi connectivity index (χ1) is 14.6. The molecule has 0 aliphatic carbocycles. The number of rotatable bonds is 2. The highest BCUT2D eigenvalue weighted by Gasteiger charge is 2.16. The Hall–Kier alpha value is -3.85. The van der Waals surface area contributed by atoms with Crippen LogP contribution in [-0.4, -0.2) is 6.16 Å². The van der Waals surface area contributed by atoms with Crippen molar-refractivity contribution in [1.29, 1.82) is 0 Å². The molecule has 0 bridgehead atoms. The van der Waals surface area contributed by atoms with Gasteiger partial charge in [-0.3, -0.25) is 0 Å². The van der Waals surface area contributed by atoms with E-state index in [1.165, 1.54) is 0 Å². The zero-order valence-electron chi connectivity index (χ0n) is 16.8. The van der Waals surface area contributed by atoms with Crippen LogP contribution in [0.1, 0.15) is 11.1 Å². The zero-order valence-corrected chi connectivity index (χ0v) is 16.8. The molecule has 3 nitrogen and oxygen atoms in total. The molecule has 30 heavy (non-hydrogen) atoms. The highest BCUT2D eigenvalue weighted by atomic mass is 16.7. The molecule has 0 atom stereocenters. The minimum atomic E-state index is -0.748. The Balaban J connectivity index is 1.59. The summed E-state index contributed by atoms with van der Waals surface area (Å²) in [5, 5.41) is 5.69. The number of fused-ring (bicyclic) bond motifs is 3. The van der Waals surface area contributed by atoms with Gasteiger partial charge in [0.1, 0.15) is 11.5 Å². The molecule has 0 heterocycles. The second-order valence-corrected chi connectivity index (χ2v) is 7.59. The van der Waals surface area contributed by atoms with Crippen molar-refractivity contribution in [1.82, 2.24) is 0 Å². The summed E-state index contributed by atoms with van der Waals surface area (Å²) in [7, 11) is 0. The third-order valence-electron chi connectivity index (χ3n) is 5.34. The largest absolute Gasteiger partial charge is 0.519 e. The quantitative estimate of drug-likeness (QED) is 0.179. The molecule has 5 aromatic carbocycles. The number of hydrogen-bond acceptors (Lipinski definition) is 3. The molecule has 0 aromatic heterocycles. The lowest BCUT2D eigenvalue weighted by Gasteiger charge is -2.13. The van der Waals surface area contributed by atoms with Crippen LogP contribution in [0.4, 0.5) is 4.79 Å². The predicted octanol–water partition coefficient (Wildman–Crippen LogP) is 7.34. The molecule has 5 aromatic rings. The van der Waals surface area contributed by atoms with E-state index in [-0.39, 0.29) is 0 Å². The number of ether oxygens (including phenoxy) is 2. The van der Waals surface area contributed by atoms with E-state index < -0.39 is 6.16 Å². The molecule has 146 valence electrons. The van der Waals surface area contributed by atoms with E-state index >= 15 is 0 Å². The number of hydrogen-bond donors (Lipinski definition) is 0. The maximum Gasteiger partial charge on any atom is 0.519 e. The van der Waals surface area contributed by atoms with Crippen molar-refractivity contribution in [2.24, 2.45) is 0 Å². The summed E-state index contributed by atoms with van der Waals surface area (Å²) >= 11 is 0. The van der Waals surface area contributed by atoms with Crippen LogP contribution in [0, 0.1) is 13.8 Å². The Morgan fingerprint density at radius 1 is 0.600 bits per heavy atom. The van der Waals surface area contributed by atoms with Gasteiger partial charge in [-0.05, 0) is 48.2 Å². The SMILES string of the molecule is Cc1ccc2c(OC(=O)Oc3cccc4ccccc34)c3cc(C)ccc3cc2c1. The van der Waals surface area contributed by atoms with Crippen molar-refractivity contribution < 1.29 is 14.3 Å². The van der Waals surface area contributed by atoms with Gasteiger partial charge in [0.05, 0.1) is 0 Å². The molecule has 3 heteroatoms. The second-order valence-electron chi connectivity index (χ2n) is 7.59. The number of carbonyl (C=O) groups excluding carboxylic acids is 1. The van der Waals surface area contributed by atoms with E-state index in [0.29, 0.717) is 11.5 Å². The fourth-order valence-corrected chi connectivity index (χ4v) is 3.90. The summed E-state index contributed by atoms with van der Waals surface area (Å²) in [6.07, 6.45) is -0.748. The standard InChI is InChI=1S/C27H20O3/c1-17-11-13-23-21(14-17)16-20-12-10-18(2)15-24(20)26(23)30-27(28)29-25-9-5-7-19-6-3-4-8-22(19)25/h3-16H,1-2H3. The third-order valence-corrected chi connectivity index (χ3v) is 5.34. The van der Waals surface area contributed by atoms with E-state index in [2.05, 4.69) is 24.3 Å². The van der Waals surface area contributed by atoms with Crippen LogP contribution in [0.25, 0.3) is 32.3 Å². The summed E-state index contributed by atoms with van der Waals surface area (Å²) in [5.74, 6) is 1.01. The summed E-state index contributed by atoms with van der Waals surface area (Å²) in [4.78, 5) is 12.8. The van der Waals surface area contributed by atoms with Crippen molar-refractivity contribution in [3.05, 3.63) is 96.1 Å². The van der Waals surface area contributed by atoms with E-state index in [1.807, 2.05) is 68.4 Å². The second kappa shape index (κ2) is 7.20. The first kappa shape index (κ1) is 18.2. The number of benzene rings is 5. The Morgan fingerprint density at radius 2 is 1.37 bits per heavy atom. The molecule has 5 rings (SSSR count). The van der Waals surface area contributed by atoms with Crippen LogP contribution in [0.5, 0.6) is 11.5 Å². The lowest BCUT2D eigenvalue weighted by molar-refractivity contribution is 0.153. The maximum atomic E-state index is 12.8. The minimum Gasteiger partial charge on any atom is -0.394 e. The van der Waals surface area contributed by atoms with Crippen molar-refractivity contribution in [2.75, 3.05) is 0 Å². The predicted molar refractivity (Wildman–Crippen MR) is 122 cm³/mol. The van der Waals surface area contributed by atoms with Crippen molar-refractivity contribution in [2.45, 2.75) is 13.8 Å². The molecule has 0 fully saturated rings. The highest BCUT2D eigenvalue weighted by Crippen LogP contribution is 2.36. The van der Waals surface area contributed by atoms with Gasteiger partial charge in [0.2, 0.25) is 0 Å². The fourth-order valence-electron chi connectivity index (χ4n) is 3.90. The average molecular weight is 392 g/mol. The first-order valence-corrected chi connectivity index (χ1v) is 9.90. The molecule has 0 spiro atoms. The fraction of sp³-hybridized carbons (Fsp3) is 0.0741. The lowest BCUT2D eigenvalue weighted by atomic mass is 9.99. The summed E-state index contributed by atoms with van der Waals surface area (Å²) in [5.41, 5.74) is 2.25. The van der Waals surface area contributed by atoms with Gasteiger partial charge in [-0.25, -0.2) is 4.79 Å². The molecule has 0 saturated carbocycles. The average Bonchev–Trinajstić information content (AvgIpc) is 2.74. The molecule has 0 unspecified atom stereocenters. The first-order valence-electron chi connectivity index (χ1n) is 9.90. The van der Waals surface area contributed by atoms with Crippen LogP contribution in [-0.2, 0) is 0 Å². The Labute approximate surface area is 174 Å². The lowest BCUT2D eigenvalue weighted by Crippen LogP contribution is -2.14. The van der Waals surface area contributed by atoms with Gasteiger partial charge >= 0.3 is 6.16 Å². The highest BCUT2D eigenvalue weighted by molar-refractivity contribution is 6.06. The van der Waals surface area contributed by atoms with Crippen LogP contribution in [0.15, 0.2) is 84.9 Å². The van der Waals surface area contributed by atoms with Gasteiger partial charge in [-0.15, -0.1) is 0 Å². The minimum absolute atomic E-state index is 0.481. The van der Waals surface area contributed by atoms with Gasteiger partial charge in [0, 0.05) is 16.2 Å². The van der Waals surface area contributed by atoms with Crippen molar-refractivity contribution in [3.8, 4) is 11.5 Å². The van der Waals surface area contributed by atoms with Crippen molar-refractivity contribution >= 4 is 38.5 Å². The van der Waals surface area contributed by atoms with Crippen LogP contribution < -0.4 is 9.47 Å². The van der Waals surface area contributed by atoms with Gasteiger partial charge in [-0.2, -0.15) is 0 Å².